The minimum Gasteiger partial charge on any atom is -0.505 e. The van der Waals surface area contributed by atoms with Gasteiger partial charge in [0.1, 0.15) is 17.1 Å². The number of hydrogen-bond donors (Lipinski definition) is 2. The first-order chi connectivity index (χ1) is 7.69. The smallest absolute Gasteiger partial charge is 0.412 e. The van der Waals surface area contributed by atoms with Crippen molar-refractivity contribution in [3.05, 3.63) is 22.2 Å². The zero-order valence-electron chi connectivity index (χ0n) is 10.2. The number of carbonyl (C=O) groups is 1. The molecule has 6 heteroatoms. The summed E-state index contributed by atoms with van der Waals surface area (Å²) in [6.07, 6.45) is -0.830. The molecule has 2 N–H and O–H groups in total. The molecule has 0 unspecified atom stereocenters. The maximum atomic E-state index is 11.4. The van der Waals surface area contributed by atoms with Crippen LogP contribution in [0, 0.1) is 6.92 Å². The molecule has 0 aromatic carbocycles. The van der Waals surface area contributed by atoms with Crippen LogP contribution >= 0.6 is 0 Å². The van der Waals surface area contributed by atoms with Crippen molar-refractivity contribution in [1.29, 1.82) is 0 Å². The van der Waals surface area contributed by atoms with Crippen LogP contribution in [0.4, 0.5) is 10.5 Å². The lowest BCUT2D eigenvalue weighted by Crippen LogP contribution is -2.28. The van der Waals surface area contributed by atoms with E-state index in [1.807, 2.05) is 0 Å². The molecule has 0 bridgehead atoms. The highest BCUT2D eigenvalue weighted by atomic mass is 16.6. The Hall–Kier alpha value is -1.98. The summed E-state index contributed by atoms with van der Waals surface area (Å²) in [6.45, 7) is 6.57. The molecule has 0 radical (unpaired) electrons. The number of anilines is 1. The van der Waals surface area contributed by atoms with Crippen molar-refractivity contribution in [3.63, 3.8) is 0 Å². The summed E-state index contributed by atoms with van der Waals surface area (Å²) in [5, 5.41) is 11.6. The number of aryl methyl sites for hydroxylation is 1. The van der Waals surface area contributed by atoms with Gasteiger partial charge >= 0.3 is 11.7 Å². The molecule has 0 spiro atoms. The number of ether oxygens (including phenoxy) is 1. The Balaban J connectivity index is 2.90. The van der Waals surface area contributed by atoms with Crippen LogP contribution in [0.5, 0.6) is 5.75 Å². The predicted molar refractivity (Wildman–Crippen MR) is 61.2 cm³/mol. The van der Waals surface area contributed by atoms with E-state index in [1.54, 1.807) is 20.8 Å². The standard InChI is InChI=1S/C11H15NO5/c1-6-5-7(13)8(9(14)16-6)12-10(15)17-11(2,3)4/h5,13H,1-4H3,(H,12,15). The highest BCUT2D eigenvalue weighted by Crippen LogP contribution is 2.20. The molecule has 0 saturated carbocycles. The van der Waals surface area contributed by atoms with Crippen LogP contribution in [-0.4, -0.2) is 16.8 Å². The Kier molecular flexibility index (Phi) is 3.45. The fraction of sp³-hybridized carbons (Fsp3) is 0.455. The second-order valence-corrected chi connectivity index (χ2v) is 4.53. The maximum absolute atomic E-state index is 11.4. The molecule has 0 saturated heterocycles. The number of hydrogen-bond acceptors (Lipinski definition) is 5. The molecule has 1 amide bonds. The second kappa shape index (κ2) is 4.48. The topological polar surface area (TPSA) is 88.8 Å². The normalized spacial score (nSPS) is 11.1. The number of rotatable bonds is 1. The van der Waals surface area contributed by atoms with E-state index in [0.717, 1.165) is 0 Å². The van der Waals surface area contributed by atoms with E-state index < -0.39 is 17.3 Å². The quantitative estimate of drug-likeness (QED) is 0.785. The summed E-state index contributed by atoms with van der Waals surface area (Å²) in [7, 11) is 0. The van der Waals surface area contributed by atoms with Gasteiger partial charge in [-0.05, 0) is 27.7 Å². The van der Waals surface area contributed by atoms with Crippen molar-refractivity contribution < 1.29 is 19.1 Å². The lowest BCUT2D eigenvalue weighted by Gasteiger charge is -2.19. The van der Waals surface area contributed by atoms with Crippen LogP contribution in [0.3, 0.4) is 0 Å². The molecule has 94 valence electrons. The Morgan fingerprint density at radius 2 is 2.06 bits per heavy atom. The van der Waals surface area contributed by atoms with Crippen LogP contribution in [0.1, 0.15) is 26.5 Å². The van der Waals surface area contributed by atoms with Gasteiger partial charge in [-0.25, -0.2) is 9.59 Å². The number of carbonyl (C=O) groups excluding carboxylic acids is 1. The number of amides is 1. The van der Waals surface area contributed by atoms with E-state index in [-0.39, 0.29) is 17.2 Å². The molecule has 0 aliphatic heterocycles. The molecule has 1 aromatic rings. The SMILES string of the molecule is Cc1cc(O)c(NC(=O)OC(C)(C)C)c(=O)o1. The van der Waals surface area contributed by atoms with Crippen molar-refractivity contribution in [2.75, 3.05) is 5.32 Å². The minimum atomic E-state index is -0.830. The fourth-order valence-corrected chi connectivity index (χ4v) is 1.12. The molecule has 17 heavy (non-hydrogen) atoms. The van der Waals surface area contributed by atoms with E-state index in [4.69, 9.17) is 9.15 Å². The Bertz CT molecular complexity index is 484. The van der Waals surface area contributed by atoms with Crippen molar-refractivity contribution in [2.24, 2.45) is 0 Å². The summed E-state index contributed by atoms with van der Waals surface area (Å²) in [5.74, 6) is -0.105. The summed E-state index contributed by atoms with van der Waals surface area (Å²) in [4.78, 5) is 22.8. The van der Waals surface area contributed by atoms with Gasteiger partial charge in [-0.3, -0.25) is 5.32 Å². The lowest BCUT2D eigenvalue weighted by molar-refractivity contribution is 0.0634. The molecule has 0 aliphatic rings. The molecule has 1 heterocycles. The van der Waals surface area contributed by atoms with Crippen LogP contribution in [0.25, 0.3) is 0 Å². The summed E-state index contributed by atoms with van der Waals surface area (Å²) >= 11 is 0. The maximum Gasteiger partial charge on any atom is 0.412 e. The van der Waals surface area contributed by atoms with Crippen LogP contribution in [0.15, 0.2) is 15.3 Å². The second-order valence-electron chi connectivity index (χ2n) is 4.53. The van der Waals surface area contributed by atoms with E-state index in [2.05, 4.69) is 5.32 Å². The van der Waals surface area contributed by atoms with Gasteiger partial charge in [0, 0.05) is 6.07 Å². The third-order valence-corrected chi connectivity index (χ3v) is 1.68. The van der Waals surface area contributed by atoms with E-state index in [0.29, 0.717) is 0 Å². The van der Waals surface area contributed by atoms with Gasteiger partial charge in [0.05, 0.1) is 0 Å². The molecule has 0 atom stereocenters. The summed E-state index contributed by atoms with van der Waals surface area (Å²) < 4.78 is 9.67. The van der Waals surface area contributed by atoms with Crippen molar-refractivity contribution in [2.45, 2.75) is 33.3 Å². The van der Waals surface area contributed by atoms with Gasteiger partial charge in [0.25, 0.3) is 0 Å². The first-order valence-electron chi connectivity index (χ1n) is 5.03. The van der Waals surface area contributed by atoms with E-state index in [1.165, 1.54) is 13.0 Å². The van der Waals surface area contributed by atoms with Gasteiger partial charge in [-0.2, -0.15) is 0 Å². The minimum absolute atomic E-state index is 0.252. The van der Waals surface area contributed by atoms with Gasteiger partial charge < -0.3 is 14.3 Å². The van der Waals surface area contributed by atoms with E-state index in [9.17, 15) is 14.7 Å². The highest BCUT2D eigenvalue weighted by molar-refractivity contribution is 5.86. The monoisotopic (exact) mass is 241 g/mol. The van der Waals surface area contributed by atoms with Gasteiger partial charge in [-0.15, -0.1) is 0 Å². The van der Waals surface area contributed by atoms with Gasteiger partial charge in [-0.1, -0.05) is 0 Å². The van der Waals surface area contributed by atoms with Gasteiger partial charge in [0.15, 0.2) is 5.69 Å². The van der Waals surface area contributed by atoms with Crippen LogP contribution < -0.4 is 10.9 Å². The number of aromatic hydroxyl groups is 1. The van der Waals surface area contributed by atoms with Crippen LogP contribution in [-0.2, 0) is 4.74 Å². The average molecular weight is 241 g/mol. The Morgan fingerprint density at radius 3 is 2.53 bits per heavy atom. The first-order valence-corrected chi connectivity index (χ1v) is 5.03. The number of nitrogens with one attached hydrogen (secondary N) is 1. The zero-order valence-corrected chi connectivity index (χ0v) is 10.2. The lowest BCUT2D eigenvalue weighted by atomic mass is 10.2. The largest absolute Gasteiger partial charge is 0.505 e. The molecule has 6 nitrogen and oxygen atoms in total. The zero-order chi connectivity index (χ0) is 13.2. The molecule has 1 aromatic heterocycles. The van der Waals surface area contributed by atoms with Crippen molar-refractivity contribution in [1.82, 2.24) is 0 Å². The molecular weight excluding hydrogens is 226 g/mol. The molecule has 0 aliphatic carbocycles. The fourth-order valence-electron chi connectivity index (χ4n) is 1.12. The summed E-state index contributed by atoms with van der Waals surface area (Å²) in [5.41, 5.74) is -1.84. The average Bonchev–Trinajstić information content (AvgIpc) is 2.08. The third-order valence-electron chi connectivity index (χ3n) is 1.68. The van der Waals surface area contributed by atoms with Crippen molar-refractivity contribution >= 4 is 11.8 Å². The van der Waals surface area contributed by atoms with Crippen molar-refractivity contribution in [3.8, 4) is 5.75 Å². The molecule has 1 rings (SSSR count). The first kappa shape index (κ1) is 13.1. The predicted octanol–water partition coefficient (Wildman–Crippen LogP) is 2.00. The Morgan fingerprint density at radius 1 is 1.47 bits per heavy atom. The summed E-state index contributed by atoms with van der Waals surface area (Å²) in [6, 6.07) is 1.23. The van der Waals surface area contributed by atoms with Crippen LogP contribution in [0.2, 0.25) is 0 Å². The third kappa shape index (κ3) is 3.82. The molecule has 0 fully saturated rings. The Labute approximate surface area is 98.2 Å². The van der Waals surface area contributed by atoms with E-state index >= 15 is 0 Å². The highest BCUT2D eigenvalue weighted by Gasteiger charge is 2.19. The molecular formula is C11H15NO5. The van der Waals surface area contributed by atoms with Gasteiger partial charge in [0.2, 0.25) is 0 Å².